The number of carbonyl (C=O) groups excluding carboxylic acids is 1. The van der Waals surface area contributed by atoms with E-state index < -0.39 is 0 Å². The van der Waals surface area contributed by atoms with Crippen LogP contribution in [-0.4, -0.2) is 44.2 Å². The van der Waals surface area contributed by atoms with E-state index in [2.05, 4.69) is 20.3 Å². The maximum absolute atomic E-state index is 12.4. The van der Waals surface area contributed by atoms with Gasteiger partial charge in [-0.15, -0.1) is 11.3 Å². The van der Waals surface area contributed by atoms with Gasteiger partial charge in [-0.1, -0.05) is 11.2 Å². The first-order valence-corrected chi connectivity index (χ1v) is 8.27. The first-order valence-electron chi connectivity index (χ1n) is 7.39. The Morgan fingerprint density at radius 2 is 2.43 bits per heavy atom. The van der Waals surface area contributed by atoms with E-state index in [1.165, 1.54) is 0 Å². The lowest BCUT2D eigenvalue weighted by atomic mass is 10.1. The number of nitrogens with zero attached hydrogens (tertiary/aromatic N) is 4. The smallest absolute Gasteiger partial charge is 0.274 e. The second-order valence-corrected chi connectivity index (χ2v) is 6.56. The number of rotatable bonds is 3. The topological polar surface area (TPSA) is 87.9 Å². The van der Waals surface area contributed by atoms with E-state index in [0.29, 0.717) is 30.5 Å². The number of aromatic amines is 1. The molecule has 0 aromatic carbocycles. The highest BCUT2D eigenvalue weighted by molar-refractivity contribution is 7.13. The highest BCUT2D eigenvalue weighted by atomic mass is 32.1. The molecule has 8 heteroatoms. The number of carbonyl (C=O) groups is 1. The fourth-order valence-electron chi connectivity index (χ4n) is 2.75. The highest BCUT2D eigenvalue weighted by Crippen LogP contribution is 2.29. The minimum absolute atomic E-state index is 0.0566. The Bertz CT molecular complexity index is 823. The average molecular weight is 329 g/mol. The molecular weight excluding hydrogens is 314 g/mol. The van der Waals surface area contributed by atoms with Crippen LogP contribution in [0, 0.1) is 6.92 Å². The molecule has 118 valence electrons. The molecule has 0 spiro atoms. The largest absolute Gasteiger partial charge is 0.336 e. The van der Waals surface area contributed by atoms with Crippen molar-refractivity contribution in [2.24, 2.45) is 0 Å². The molecular formula is C15H15N5O2S. The van der Waals surface area contributed by atoms with Gasteiger partial charge in [0.25, 0.3) is 11.8 Å². The molecule has 0 radical (unpaired) electrons. The first-order chi connectivity index (χ1) is 11.2. The Morgan fingerprint density at radius 1 is 1.52 bits per heavy atom. The highest BCUT2D eigenvalue weighted by Gasteiger charge is 2.32. The summed E-state index contributed by atoms with van der Waals surface area (Å²) < 4.78 is 5.33. The number of aryl methyl sites for hydroxylation is 1. The van der Waals surface area contributed by atoms with Gasteiger partial charge in [0, 0.05) is 24.7 Å². The molecule has 1 fully saturated rings. The summed E-state index contributed by atoms with van der Waals surface area (Å²) >= 11 is 1.56. The zero-order valence-corrected chi connectivity index (χ0v) is 13.3. The number of hydrogen-bond acceptors (Lipinski definition) is 6. The third kappa shape index (κ3) is 2.65. The zero-order valence-electron chi connectivity index (χ0n) is 12.5. The van der Waals surface area contributed by atoms with Gasteiger partial charge in [-0.3, -0.25) is 9.89 Å². The third-order valence-electron chi connectivity index (χ3n) is 3.94. The van der Waals surface area contributed by atoms with Crippen LogP contribution < -0.4 is 0 Å². The predicted octanol–water partition coefficient (Wildman–Crippen LogP) is 2.46. The van der Waals surface area contributed by atoms with Gasteiger partial charge in [-0.2, -0.15) is 10.1 Å². The Morgan fingerprint density at radius 3 is 3.17 bits per heavy atom. The van der Waals surface area contributed by atoms with Crippen molar-refractivity contribution in [2.45, 2.75) is 19.3 Å². The number of likely N-dealkylation sites (tertiary alicyclic amines) is 1. The number of nitrogens with one attached hydrogen (secondary N) is 1. The van der Waals surface area contributed by atoms with Crippen LogP contribution in [0.5, 0.6) is 0 Å². The lowest BCUT2D eigenvalue weighted by Gasteiger charge is -2.13. The minimum atomic E-state index is -0.0566. The van der Waals surface area contributed by atoms with Crippen molar-refractivity contribution in [1.82, 2.24) is 25.2 Å². The molecule has 1 aliphatic heterocycles. The fourth-order valence-corrected chi connectivity index (χ4v) is 3.39. The van der Waals surface area contributed by atoms with Gasteiger partial charge >= 0.3 is 0 Å². The van der Waals surface area contributed by atoms with Crippen molar-refractivity contribution in [3.05, 3.63) is 40.8 Å². The van der Waals surface area contributed by atoms with Crippen LogP contribution in [0.15, 0.2) is 28.1 Å². The van der Waals surface area contributed by atoms with E-state index >= 15 is 0 Å². The Labute approximate surface area is 136 Å². The van der Waals surface area contributed by atoms with Crippen molar-refractivity contribution in [3.8, 4) is 10.8 Å². The van der Waals surface area contributed by atoms with Crippen LogP contribution in [-0.2, 0) is 0 Å². The predicted molar refractivity (Wildman–Crippen MR) is 84.2 cm³/mol. The lowest BCUT2D eigenvalue weighted by Crippen LogP contribution is -2.28. The van der Waals surface area contributed by atoms with Gasteiger partial charge < -0.3 is 9.42 Å². The summed E-state index contributed by atoms with van der Waals surface area (Å²) in [6, 6.07) is 5.66. The summed E-state index contributed by atoms with van der Waals surface area (Å²) in [6.45, 7) is 3.15. The summed E-state index contributed by atoms with van der Waals surface area (Å²) in [6.07, 6.45) is 0.832. The molecule has 1 atom stereocenters. The minimum Gasteiger partial charge on any atom is -0.336 e. The van der Waals surface area contributed by atoms with E-state index in [4.69, 9.17) is 4.52 Å². The van der Waals surface area contributed by atoms with Crippen molar-refractivity contribution in [3.63, 3.8) is 0 Å². The van der Waals surface area contributed by atoms with Gasteiger partial charge in [0.15, 0.2) is 5.82 Å². The molecule has 0 unspecified atom stereocenters. The second kappa shape index (κ2) is 5.62. The summed E-state index contributed by atoms with van der Waals surface area (Å²) in [5.41, 5.74) is 1.33. The van der Waals surface area contributed by atoms with E-state index in [9.17, 15) is 4.79 Å². The van der Waals surface area contributed by atoms with Gasteiger partial charge in [0.1, 0.15) is 5.69 Å². The normalized spacial score (nSPS) is 17.8. The quantitative estimate of drug-likeness (QED) is 0.797. The second-order valence-electron chi connectivity index (χ2n) is 5.61. The summed E-state index contributed by atoms with van der Waals surface area (Å²) in [5.74, 6) is 1.26. The molecule has 1 aliphatic rings. The number of hydrogen-bond donors (Lipinski definition) is 1. The van der Waals surface area contributed by atoms with Gasteiger partial charge in [0.2, 0.25) is 0 Å². The van der Waals surface area contributed by atoms with Gasteiger partial charge in [0.05, 0.1) is 4.88 Å². The first kappa shape index (κ1) is 14.1. The van der Waals surface area contributed by atoms with Crippen molar-refractivity contribution < 1.29 is 9.32 Å². The van der Waals surface area contributed by atoms with Crippen molar-refractivity contribution in [1.29, 1.82) is 0 Å². The molecule has 1 N–H and O–H groups in total. The molecule has 23 heavy (non-hydrogen) atoms. The van der Waals surface area contributed by atoms with Crippen LogP contribution in [0.3, 0.4) is 0 Å². The van der Waals surface area contributed by atoms with E-state index in [1.807, 2.05) is 24.4 Å². The summed E-state index contributed by atoms with van der Waals surface area (Å²) in [5, 5.41) is 12.9. The maximum Gasteiger partial charge on any atom is 0.274 e. The van der Waals surface area contributed by atoms with Crippen LogP contribution in [0.2, 0.25) is 0 Å². The van der Waals surface area contributed by atoms with Crippen LogP contribution in [0.1, 0.15) is 34.3 Å². The monoisotopic (exact) mass is 329 g/mol. The molecule has 3 aromatic rings. The summed E-state index contributed by atoms with van der Waals surface area (Å²) in [7, 11) is 0. The van der Waals surface area contributed by atoms with E-state index in [-0.39, 0.29) is 11.8 Å². The molecule has 0 saturated carbocycles. The lowest BCUT2D eigenvalue weighted by molar-refractivity contribution is 0.0784. The van der Waals surface area contributed by atoms with Crippen LogP contribution in [0.4, 0.5) is 0 Å². The fraction of sp³-hybridized carbons (Fsp3) is 0.333. The van der Waals surface area contributed by atoms with E-state index in [0.717, 1.165) is 17.0 Å². The molecule has 1 saturated heterocycles. The molecule has 4 rings (SSSR count). The van der Waals surface area contributed by atoms with Crippen LogP contribution in [0.25, 0.3) is 10.8 Å². The van der Waals surface area contributed by atoms with Gasteiger partial charge in [-0.25, -0.2) is 0 Å². The molecule has 0 aliphatic carbocycles. The van der Waals surface area contributed by atoms with Crippen molar-refractivity contribution >= 4 is 17.2 Å². The Hall–Kier alpha value is -2.48. The zero-order chi connectivity index (χ0) is 15.8. The number of H-pyrrole nitrogens is 1. The summed E-state index contributed by atoms with van der Waals surface area (Å²) in [4.78, 5) is 19.6. The standard InChI is InChI=1S/C15H15N5O2S/c1-9-7-11(18-17-9)15(21)20-5-4-10(8-20)13-16-14(22-19-13)12-3-2-6-23-12/h2-3,6-7,10H,4-5,8H2,1H3,(H,17,18)/t10-/m0/s1. The van der Waals surface area contributed by atoms with Crippen LogP contribution >= 0.6 is 11.3 Å². The van der Waals surface area contributed by atoms with E-state index in [1.54, 1.807) is 22.3 Å². The Balaban J connectivity index is 1.47. The number of amides is 1. The molecule has 1 amide bonds. The molecule has 3 aromatic heterocycles. The molecule has 7 nitrogen and oxygen atoms in total. The van der Waals surface area contributed by atoms with Crippen molar-refractivity contribution in [2.75, 3.05) is 13.1 Å². The third-order valence-corrected chi connectivity index (χ3v) is 4.80. The SMILES string of the molecule is Cc1cc(C(=O)N2CC[C@H](c3noc(-c4cccs4)n3)C2)n[nH]1. The average Bonchev–Trinajstić information content (AvgIpc) is 3.30. The van der Waals surface area contributed by atoms with Gasteiger partial charge in [-0.05, 0) is 30.9 Å². The molecule has 0 bridgehead atoms. The maximum atomic E-state index is 12.4. The molecule has 4 heterocycles. The Kier molecular flexibility index (Phi) is 3.45. The number of thiophene rings is 1. The number of aromatic nitrogens is 4.